The van der Waals surface area contributed by atoms with Crippen LogP contribution in [0.15, 0.2) is 99.8 Å². The van der Waals surface area contributed by atoms with Crippen LogP contribution in [0.5, 0.6) is 5.75 Å². The Morgan fingerprint density at radius 2 is 1.35 bits per heavy atom. The first kappa shape index (κ1) is 32.1. The fourth-order valence-corrected chi connectivity index (χ4v) is 7.98. The molecule has 46 heavy (non-hydrogen) atoms. The third-order valence-corrected chi connectivity index (χ3v) is 10.8. The summed E-state index contributed by atoms with van der Waals surface area (Å²) in [5, 5.41) is 27.1. The Bertz CT molecular complexity index is 2100. The van der Waals surface area contributed by atoms with Crippen LogP contribution in [0.25, 0.3) is 0 Å². The molecule has 1 atom stereocenters. The summed E-state index contributed by atoms with van der Waals surface area (Å²) in [6.45, 7) is 3.06. The monoisotopic (exact) mass is 665 g/mol. The van der Waals surface area contributed by atoms with E-state index in [2.05, 4.69) is 9.82 Å². The van der Waals surface area contributed by atoms with E-state index < -0.39 is 35.9 Å². The normalized spacial score (nSPS) is 14.9. The number of ether oxygens (including phenoxy) is 1. The minimum absolute atomic E-state index is 0.136. The Hall–Kier alpha value is -5.35. The Kier molecular flexibility index (Phi) is 8.51. The average Bonchev–Trinajstić information content (AvgIpc) is 3.48. The maximum absolute atomic E-state index is 14.0. The fourth-order valence-electron chi connectivity index (χ4n) is 4.97. The summed E-state index contributed by atoms with van der Waals surface area (Å²) in [5.74, 6) is 0.560. The molecule has 0 radical (unpaired) electrons. The van der Waals surface area contributed by atoms with E-state index in [1.54, 1.807) is 36.4 Å². The minimum Gasteiger partial charge on any atom is -0.497 e. The van der Waals surface area contributed by atoms with Gasteiger partial charge in [0.1, 0.15) is 5.75 Å². The summed E-state index contributed by atoms with van der Waals surface area (Å²) >= 11 is 0. The van der Waals surface area contributed by atoms with Gasteiger partial charge in [0.15, 0.2) is 0 Å². The van der Waals surface area contributed by atoms with Gasteiger partial charge in [-0.3, -0.25) is 25.0 Å². The van der Waals surface area contributed by atoms with Crippen LogP contribution in [-0.4, -0.2) is 43.9 Å². The molecule has 0 aliphatic carbocycles. The summed E-state index contributed by atoms with van der Waals surface area (Å²) in [4.78, 5) is 20.8. The van der Waals surface area contributed by atoms with Crippen molar-refractivity contribution < 1.29 is 31.4 Å². The maximum Gasteiger partial charge on any atom is 0.280 e. The zero-order chi connectivity index (χ0) is 33.4. The number of nitro benzene ring substituents is 2. The van der Waals surface area contributed by atoms with Crippen LogP contribution in [0.4, 0.5) is 17.1 Å². The van der Waals surface area contributed by atoms with E-state index >= 15 is 0 Å². The van der Waals surface area contributed by atoms with E-state index in [4.69, 9.17) is 4.74 Å². The Morgan fingerprint density at radius 1 is 0.804 bits per heavy atom. The van der Waals surface area contributed by atoms with Gasteiger partial charge in [-0.15, -0.1) is 0 Å². The Morgan fingerprint density at radius 3 is 1.89 bits per heavy atom. The average molecular weight is 666 g/mol. The Balaban J connectivity index is 1.50. The number of methoxy groups -OCH3 is 1. The Labute approximate surface area is 264 Å². The summed E-state index contributed by atoms with van der Waals surface area (Å²) in [7, 11) is -7.07. The number of rotatable bonds is 10. The number of sulfonamides is 2. The summed E-state index contributed by atoms with van der Waals surface area (Å²) in [5.41, 5.74) is 1.51. The van der Waals surface area contributed by atoms with Crippen molar-refractivity contribution in [2.24, 2.45) is 5.10 Å². The molecule has 16 heteroatoms. The van der Waals surface area contributed by atoms with Gasteiger partial charge in [-0.1, -0.05) is 36.4 Å². The van der Waals surface area contributed by atoms with Crippen LogP contribution >= 0.6 is 0 Å². The molecule has 4 aromatic carbocycles. The lowest BCUT2D eigenvalue weighted by Crippen LogP contribution is -2.28. The molecule has 0 saturated carbocycles. The second-order valence-electron chi connectivity index (χ2n) is 10.4. The van der Waals surface area contributed by atoms with Gasteiger partial charge < -0.3 is 4.74 Å². The molecule has 238 valence electrons. The minimum atomic E-state index is -4.39. The highest BCUT2D eigenvalue weighted by Gasteiger charge is 2.39. The molecule has 1 heterocycles. The van der Waals surface area contributed by atoms with Crippen LogP contribution in [0.3, 0.4) is 0 Å². The highest BCUT2D eigenvalue weighted by molar-refractivity contribution is 7.92. The molecule has 1 aliphatic heterocycles. The largest absolute Gasteiger partial charge is 0.497 e. The van der Waals surface area contributed by atoms with Crippen molar-refractivity contribution in [3.05, 3.63) is 127 Å². The smallest absolute Gasteiger partial charge is 0.280 e. The zero-order valence-corrected chi connectivity index (χ0v) is 26.3. The van der Waals surface area contributed by atoms with Crippen molar-refractivity contribution in [3.8, 4) is 5.75 Å². The summed E-state index contributed by atoms with van der Waals surface area (Å²) < 4.78 is 62.8. The van der Waals surface area contributed by atoms with Crippen LogP contribution in [0.1, 0.15) is 34.7 Å². The number of nitro groups is 2. The van der Waals surface area contributed by atoms with Gasteiger partial charge in [-0.2, -0.15) is 17.9 Å². The van der Waals surface area contributed by atoms with Crippen LogP contribution in [0, 0.1) is 34.1 Å². The number of aryl methyl sites for hydroxylation is 2. The second-order valence-corrected chi connectivity index (χ2v) is 13.8. The number of hydrogen-bond donors (Lipinski definition) is 1. The van der Waals surface area contributed by atoms with Crippen LogP contribution in [-0.2, 0) is 20.0 Å². The van der Waals surface area contributed by atoms with E-state index in [1.807, 2.05) is 0 Å². The van der Waals surface area contributed by atoms with Gasteiger partial charge in [-0.25, -0.2) is 8.42 Å². The molecule has 0 spiro atoms. The van der Waals surface area contributed by atoms with E-state index in [1.165, 1.54) is 57.4 Å². The number of non-ortho nitro benzene ring substituents is 2. The predicted molar refractivity (Wildman–Crippen MR) is 169 cm³/mol. The number of hydrogen-bond acceptors (Lipinski definition) is 10. The van der Waals surface area contributed by atoms with Crippen molar-refractivity contribution in [1.82, 2.24) is 4.41 Å². The van der Waals surface area contributed by atoms with Gasteiger partial charge in [0, 0.05) is 36.4 Å². The van der Waals surface area contributed by atoms with Crippen molar-refractivity contribution in [2.75, 3.05) is 11.8 Å². The van der Waals surface area contributed by atoms with Crippen molar-refractivity contribution >= 4 is 42.8 Å². The van der Waals surface area contributed by atoms with Gasteiger partial charge in [0.05, 0.1) is 38.5 Å². The lowest BCUT2D eigenvalue weighted by Gasteiger charge is -2.24. The standard InChI is InChI=1S/C30H27N5O9S2/c1-19-4-12-24(34(36)37)16-29(19)45(40,41)32-23-10-6-21(7-11-23)27-18-28(22-8-14-26(44-3)15-9-22)33(31-27)46(42,43)30-17-25(35(38)39)13-5-20(30)2/h4-17,28,32H,18H2,1-3H3. The van der Waals surface area contributed by atoms with Crippen LogP contribution in [0.2, 0.25) is 0 Å². The molecule has 0 bridgehead atoms. The third kappa shape index (κ3) is 6.25. The van der Waals surface area contributed by atoms with Gasteiger partial charge >= 0.3 is 0 Å². The van der Waals surface area contributed by atoms with E-state index in [0.717, 1.165) is 16.5 Å². The van der Waals surface area contributed by atoms with Gasteiger partial charge in [0.2, 0.25) is 0 Å². The third-order valence-electron chi connectivity index (χ3n) is 7.42. The lowest BCUT2D eigenvalue weighted by atomic mass is 9.99. The van der Waals surface area contributed by atoms with Gasteiger partial charge in [-0.05, 0) is 60.4 Å². The number of anilines is 1. The van der Waals surface area contributed by atoms with Gasteiger partial charge in [0.25, 0.3) is 31.4 Å². The van der Waals surface area contributed by atoms with Crippen molar-refractivity contribution in [2.45, 2.75) is 36.1 Å². The van der Waals surface area contributed by atoms with E-state index in [-0.39, 0.29) is 33.3 Å². The molecule has 0 aromatic heterocycles. The zero-order valence-electron chi connectivity index (χ0n) is 24.6. The molecule has 1 N–H and O–H groups in total. The highest BCUT2D eigenvalue weighted by Crippen LogP contribution is 2.39. The molecule has 0 fully saturated rings. The first-order chi connectivity index (χ1) is 21.7. The molecule has 0 saturated heterocycles. The van der Waals surface area contributed by atoms with Crippen molar-refractivity contribution in [3.63, 3.8) is 0 Å². The number of hydrazone groups is 1. The fraction of sp³-hybridized carbons (Fsp3) is 0.167. The maximum atomic E-state index is 14.0. The predicted octanol–water partition coefficient (Wildman–Crippen LogP) is 5.47. The molecule has 4 aromatic rings. The van der Waals surface area contributed by atoms with Crippen molar-refractivity contribution in [1.29, 1.82) is 0 Å². The number of benzene rings is 4. The molecule has 5 rings (SSSR count). The van der Waals surface area contributed by atoms with E-state index in [0.29, 0.717) is 33.7 Å². The first-order valence-electron chi connectivity index (χ1n) is 13.6. The molecule has 0 amide bonds. The summed E-state index contributed by atoms with van der Waals surface area (Å²) in [6.07, 6.45) is 0.136. The highest BCUT2D eigenvalue weighted by atomic mass is 32.2. The van der Waals surface area contributed by atoms with E-state index in [9.17, 15) is 37.1 Å². The number of nitrogens with zero attached hydrogens (tertiary/aromatic N) is 4. The molecule has 1 unspecified atom stereocenters. The molecule has 1 aliphatic rings. The lowest BCUT2D eigenvalue weighted by molar-refractivity contribution is -0.385. The SMILES string of the molecule is COc1ccc(C2CC(c3ccc(NS(=O)(=O)c4cc([N+](=O)[O-])ccc4C)cc3)=NN2S(=O)(=O)c2cc([N+](=O)[O-])ccc2C)cc1. The first-order valence-corrected chi connectivity index (χ1v) is 16.5. The molecular weight excluding hydrogens is 638 g/mol. The quantitative estimate of drug-likeness (QED) is 0.169. The summed E-state index contributed by atoms with van der Waals surface area (Å²) in [6, 6.07) is 19.2. The van der Waals surface area contributed by atoms with Crippen LogP contribution < -0.4 is 9.46 Å². The second kappa shape index (κ2) is 12.2. The molecular formula is C30H27N5O9S2. The number of nitrogens with one attached hydrogen (secondary N) is 1. The topological polar surface area (TPSA) is 191 Å². The molecule has 14 nitrogen and oxygen atoms in total.